The fourth-order valence-electron chi connectivity index (χ4n) is 3.41. The number of nitrogen functional groups attached to an aromatic ring is 2. The lowest BCUT2D eigenvalue weighted by atomic mass is 9.98. The van der Waals surface area contributed by atoms with E-state index in [0.717, 1.165) is 39.9 Å². The fraction of sp³-hybridized carbons (Fsp3) is 0.143. The van der Waals surface area contributed by atoms with Crippen LogP contribution in [0.25, 0.3) is 0 Å². The number of aryl methyl sites for hydroxylation is 1. The Kier molecular flexibility index (Phi) is 6.13. The molecule has 0 bridgehead atoms. The van der Waals surface area contributed by atoms with Crippen LogP contribution in [0.2, 0.25) is 0 Å². The molecule has 0 aliphatic heterocycles. The minimum atomic E-state index is -0.536. The van der Waals surface area contributed by atoms with Crippen molar-refractivity contribution in [1.82, 2.24) is 0 Å². The van der Waals surface area contributed by atoms with E-state index in [1.807, 2.05) is 112 Å². The van der Waals surface area contributed by atoms with Gasteiger partial charge in [0.2, 0.25) is 0 Å². The molecule has 0 fully saturated rings. The molecule has 4 aromatic carbocycles. The van der Waals surface area contributed by atoms with Gasteiger partial charge in [-0.1, -0.05) is 12.1 Å². The van der Waals surface area contributed by atoms with Gasteiger partial charge in [-0.3, -0.25) is 0 Å². The zero-order chi connectivity index (χ0) is 23.4. The Labute approximate surface area is 194 Å². The average molecular weight is 441 g/mol. The molecule has 0 aliphatic rings. The Hall–Kier alpha value is -4.12. The molecule has 4 aromatic rings. The number of nitrogens with two attached hydrogens (primary N) is 2. The summed E-state index contributed by atoms with van der Waals surface area (Å²) in [5.41, 5.74) is 14.4. The third-order valence-electron chi connectivity index (χ3n) is 5.29. The van der Waals surface area contributed by atoms with E-state index in [4.69, 9.17) is 25.7 Å². The van der Waals surface area contributed by atoms with Crippen molar-refractivity contribution < 1.29 is 14.2 Å². The van der Waals surface area contributed by atoms with Crippen molar-refractivity contribution in [2.45, 2.75) is 26.4 Å². The lowest BCUT2D eigenvalue weighted by Crippen LogP contribution is -2.25. The van der Waals surface area contributed by atoms with E-state index in [2.05, 4.69) is 0 Å². The van der Waals surface area contributed by atoms with Gasteiger partial charge >= 0.3 is 0 Å². The highest BCUT2D eigenvalue weighted by Crippen LogP contribution is 2.33. The van der Waals surface area contributed by atoms with Crippen LogP contribution in [0, 0.1) is 6.92 Å². The maximum Gasteiger partial charge on any atom is 0.130 e. The zero-order valence-corrected chi connectivity index (χ0v) is 19.0. The van der Waals surface area contributed by atoms with Gasteiger partial charge < -0.3 is 25.7 Å². The Balaban J connectivity index is 1.43. The highest BCUT2D eigenvalue weighted by molar-refractivity contribution is 5.46. The van der Waals surface area contributed by atoms with Crippen molar-refractivity contribution in [2.75, 3.05) is 11.5 Å². The van der Waals surface area contributed by atoms with Gasteiger partial charge in [0, 0.05) is 11.4 Å². The third-order valence-corrected chi connectivity index (χ3v) is 5.29. The van der Waals surface area contributed by atoms with Crippen molar-refractivity contribution in [3.8, 4) is 28.7 Å². The van der Waals surface area contributed by atoms with E-state index < -0.39 is 5.60 Å². The lowest BCUT2D eigenvalue weighted by Gasteiger charge is -2.27. The van der Waals surface area contributed by atoms with Crippen LogP contribution in [0.4, 0.5) is 11.4 Å². The molecule has 0 radical (unpaired) electrons. The molecule has 0 aliphatic carbocycles. The van der Waals surface area contributed by atoms with E-state index in [1.54, 1.807) is 0 Å². The molecule has 0 amide bonds. The van der Waals surface area contributed by atoms with Crippen LogP contribution in [-0.4, -0.2) is 0 Å². The summed E-state index contributed by atoms with van der Waals surface area (Å²) in [5, 5.41) is 0. The average Bonchev–Trinajstić information content (AvgIpc) is 2.79. The summed E-state index contributed by atoms with van der Waals surface area (Å²) in [6.07, 6.45) is 0. The molecule has 0 heterocycles. The molecule has 5 heteroatoms. The zero-order valence-electron chi connectivity index (χ0n) is 19.0. The van der Waals surface area contributed by atoms with Crippen molar-refractivity contribution >= 4 is 11.4 Å². The molecule has 0 spiro atoms. The second-order valence-electron chi connectivity index (χ2n) is 8.41. The first kappa shape index (κ1) is 22.1. The fourth-order valence-corrected chi connectivity index (χ4v) is 3.41. The maximum atomic E-state index is 6.33. The summed E-state index contributed by atoms with van der Waals surface area (Å²) in [6.45, 7) is 6.07. The molecular formula is C28H28N2O3. The van der Waals surface area contributed by atoms with Gasteiger partial charge in [0.15, 0.2) is 0 Å². The summed E-state index contributed by atoms with van der Waals surface area (Å²) in [4.78, 5) is 0. The first-order valence-electron chi connectivity index (χ1n) is 10.8. The standard InChI is InChI=1S/C28H28N2O3/c1-19-18-26(16-17-27(19)32-25-14-8-22(30)9-15-25)33-28(2,3)20-4-10-23(11-5-20)31-24-12-6-21(29)7-13-24/h4-18H,29-30H2,1-3H3. The largest absolute Gasteiger partial charge is 0.483 e. The third kappa shape index (κ3) is 5.57. The molecule has 168 valence electrons. The van der Waals surface area contributed by atoms with E-state index in [-0.39, 0.29) is 0 Å². The first-order chi connectivity index (χ1) is 15.8. The molecule has 0 saturated carbocycles. The molecule has 4 N–H and O–H groups in total. The van der Waals surface area contributed by atoms with Crippen molar-refractivity contribution in [1.29, 1.82) is 0 Å². The molecule has 33 heavy (non-hydrogen) atoms. The molecule has 0 atom stereocenters. The number of ether oxygens (including phenoxy) is 3. The van der Waals surface area contributed by atoms with E-state index in [0.29, 0.717) is 11.4 Å². The van der Waals surface area contributed by atoms with Gasteiger partial charge in [0.25, 0.3) is 0 Å². The minimum Gasteiger partial charge on any atom is -0.483 e. The van der Waals surface area contributed by atoms with E-state index in [9.17, 15) is 0 Å². The van der Waals surface area contributed by atoms with E-state index >= 15 is 0 Å². The summed E-state index contributed by atoms with van der Waals surface area (Å²) in [7, 11) is 0. The van der Waals surface area contributed by atoms with Gasteiger partial charge in [0.1, 0.15) is 34.3 Å². The Morgan fingerprint density at radius 3 is 1.55 bits per heavy atom. The van der Waals surface area contributed by atoms with Crippen LogP contribution in [0.5, 0.6) is 28.7 Å². The second-order valence-corrected chi connectivity index (χ2v) is 8.41. The lowest BCUT2D eigenvalue weighted by molar-refractivity contribution is 0.108. The Bertz CT molecular complexity index is 1220. The Morgan fingerprint density at radius 2 is 1.03 bits per heavy atom. The summed E-state index contributed by atoms with van der Waals surface area (Å²) >= 11 is 0. The molecule has 4 rings (SSSR count). The monoisotopic (exact) mass is 440 g/mol. The predicted molar refractivity (Wildman–Crippen MR) is 133 cm³/mol. The van der Waals surface area contributed by atoms with Gasteiger partial charge in [-0.15, -0.1) is 0 Å². The summed E-state index contributed by atoms with van der Waals surface area (Å²) < 4.78 is 18.2. The number of hydrogen-bond acceptors (Lipinski definition) is 5. The first-order valence-corrected chi connectivity index (χ1v) is 10.8. The van der Waals surface area contributed by atoms with Gasteiger partial charge in [-0.05, 0) is 111 Å². The van der Waals surface area contributed by atoms with Gasteiger partial charge in [-0.25, -0.2) is 0 Å². The van der Waals surface area contributed by atoms with Crippen molar-refractivity contribution in [3.05, 3.63) is 102 Å². The van der Waals surface area contributed by atoms with Gasteiger partial charge in [-0.2, -0.15) is 0 Å². The predicted octanol–water partition coefficient (Wildman–Crippen LogP) is 7.06. The Morgan fingerprint density at radius 1 is 0.576 bits per heavy atom. The molecule has 0 aromatic heterocycles. The van der Waals surface area contributed by atoms with Crippen molar-refractivity contribution in [3.63, 3.8) is 0 Å². The van der Waals surface area contributed by atoms with Crippen molar-refractivity contribution in [2.24, 2.45) is 0 Å². The number of anilines is 2. The van der Waals surface area contributed by atoms with Gasteiger partial charge in [0.05, 0.1) is 0 Å². The normalized spacial score (nSPS) is 11.1. The number of hydrogen-bond donors (Lipinski definition) is 2. The smallest absolute Gasteiger partial charge is 0.130 e. The number of rotatable bonds is 7. The highest BCUT2D eigenvalue weighted by Gasteiger charge is 2.23. The quantitative estimate of drug-likeness (QED) is 0.301. The van der Waals surface area contributed by atoms with Crippen LogP contribution in [-0.2, 0) is 5.60 Å². The van der Waals surface area contributed by atoms with Crippen LogP contribution in [0.15, 0.2) is 91.0 Å². The summed E-state index contributed by atoms with van der Waals surface area (Å²) in [6, 6.07) is 28.4. The molecule has 0 saturated heterocycles. The highest BCUT2D eigenvalue weighted by atomic mass is 16.5. The summed E-state index contributed by atoms with van der Waals surface area (Å²) in [5.74, 6) is 3.77. The number of benzene rings is 4. The molecule has 0 unspecified atom stereocenters. The van der Waals surface area contributed by atoms with Crippen LogP contribution < -0.4 is 25.7 Å². The van der Waals surface area contributed by atoms with Crippen LogP contribution in [0.1, 0.15) is 25.0 Å². The van der Waals surface area contributed by atoms with E-state index in [1.165, 1.54) is 0 Å². The van der Waals surface area contributed by atoms with Crippen LogP contribution >= 0.6 is 0 Å². The minimum absolute atomic E-state index is 0.536. The van der Waals surface area contributed by atoms with Crippen LogP contribution in [0.3, 0.4) is 0 Å². The SMILES string of the molecule is Cc1cc(OC(C)(C)c2ccc(Oc3ccc(N)cc3)cc2)ccc1Oc1ccc(N)cc1. The second kappa shape index (κ2) is 9.17. The molecular weight excluding hydrogens is 412 g/mol. The molecule has 5 nitrogen and oxygen atoms in total. The topological polar surface area (TPSA) is 79.7 Å². The maximum absolute atomic E-state index is 6.33.